The second-order valence-corrected chi connectivity index (χ2v) is 2.37. The number of β-amino-alcohol motifs (C(OH)–C–C–N with tert-alkyl or cyclic N) is 1. The highest BCUT2D eigenvalue weighted by atomic mass is 16.3. The number of rotatable bonds is 0. The Bertz CT molecular complexity index is 66.9. The monoisotopic (exact) mass is 114 g/mol. The van der Waals surface area contributed by atoms with E-state index in [4.69, 9.17) is 5.11 Å². The van der Waals surface area contributed by atoms with E-state index >= 15 is 0 Å². The van der Waals surface area contributed by atoms with Crippen molar-refractivity contribution in [2.24, 2.45) is 0 Å². The molecule has 47 valence electrons. The first kappa shape index (κ1) is 6.05. The van der Waals surface area contributed by atoms with Gasteiger partial charge >= 0.3 is 0 Å². The van der Waals surface area contributed by atoms with Crippen LogP contribution >= 0.6 is 0 Å². The van der Waals surface area contributed by atoms with E-state index in [2.05, 4.69) is 7.05 Å². The Morgan fingerprint density at radius 3 is 2.75 bits per heavy atom. The van der Waals surface area contributed by atoms with Crippen LogP contribution in [-0.4, -0.2) is 29.2 Å². The lowest BCUT2D eigenvalue weighted by atomic mass is 10.1. The van der Waals surface area contributed by atoms with Crippen molar-refractivity contribution in [3.8, 4) is 0 Å². The minimum absolute atomic E-state index is 0.124. The summed E-state index contributed by atoms with van der Waals surface area (Å²) in [5.41, 5.74) is 0. The Balaban J connectivity index is 2.23. The van der Waals surface area contributed by atoms with Crippen molar-refractivity contribution >= 4 is 0 Å². The van der Waals surface area contributed by atoms with Crippen LogP contribution < -0.4 is 0 Å². The quantitative estimate of drug-likeness (QED) is 0.487. The molecule has 0 amide bonds. The molecule has 1 fully saturated rings. The van der Waals surface area contributed by atoms with Crippen LogP contribution in [0.2, 0.25) is 0 Å². The average Bonchev–Trinajstić information content (AvgIpc) is 1.64. The van der Waals surface area contributed by atoms with Crippen LogP contribution in [-0.2, 0) is 0 Å². The second kappa shape index (κ2) is 2.46. The molecule has 1 N–H and O–H groups in total. The number of nitrogens with zero attached hydrogens (tertiary/aromatic N) is 1. The average molecular weight is 114 g/mol. The van der Waals surface area contributed by atoms with E-state index in [1.54, 1.807) is 0 Å². The first-order chi connectivity index (χ1) is 3.79. The molecule has 1 aliphatic rings. The summed E-state index contributed by atoms with van der Waals surface area (Å²) in [6.45, 7) is 1.79. The summed E-state index contributed by atoms with van der Waals surface area (Å²) in [5, 5.41) is 9.00. The minimum Gasteiger partial charge on any atom is -0.392 e. The van der Waals surface area contributed by atoms with Crippen molar-refractivity contribution in [3.05, 3.63) is 7.05 Å². The normalized spacial score (nSPS) is 33.0. The molecule has 1 radical (unpaired) electrons. The van der Waals surface area contributed by atoms with Gasteiger partial charge < -0.3 is 5.11 Å². The topological polar surface area (TPSA) is 23.5 Å². The van der Waals surface area contributed by atoms with Gasteiger partial charge in [-0.05, 0) is 19.4 Å². The standard InChI is InChI=1S/C6H12NO/c1-7-4-2-3-6(8)5-7/h6,8H,1-5H2. The van der Waals surface area contributed by atoms with E-state index in [1.165, 1.54) is 0 Å². The third-order valence-electron chi connectivity index (χ3n) is 1.48. The van der Waals surface area contributed by atoms with E-state index < -0.39 is 0 Å². The van der Waals surface area contributed by atoms with Gasteiger partial charge in [-0.3, -0.25) is 4.90 Å². The summed E-state index contributed by atoms with van der Waals surface area (Å²) in [6, 6.07) is 0. The summed E-state index contributed by atoms with van der Waals surface area (Å²) in [6.07, 6.45) is 1.91. The number of likely N-dealkylation sites (tertiary alicyclic amines) is 1. The fourth-order valence-corrected chi connectivity index (χ4v) is 1.03. The molecule has 2 heteroatoms. The van der Waals surface area contributed by atoms with Gasteiger partial charge in [0.15, 0.2) is 0 Å². The Morgan fingerprint density at radius 2 is 2.38 bits per heavy atom. The SMILES string of the molecule is [CH2]N1CCCC(O)C1. The molecule has 0 aliphatic carbocycles. The molecular formula is C6H12NO. The van der Waals surface area contributed by atoms with Crippen LogP contribution in [0.5, 0.6) is 0 Å². The van der Waals surface area contributed by atoms with Crippen molar-refractivity contribution in [1.29, 1.82) is 0 Å². The molecule has 1 unspecified atom stereocenters. The molecule has 0 spiro atoms. The van der Waals surface area contributed by atoms with Gasteiger partial charge in [-0.2, -0.15) is 0 Å². The van der Waals surface area contributed by atoms with Crippen LogP contribution in [0.4, 0.5) is 0 Å². The van der Waals surface area contributed by atoms with Gasteiger partial charge in [0.2, 0.25) is 0 Å². The summed E-state index contributed by atoms with van der Waals surface area (Å²) in [4.78, 5) is 1.91. The van der Waals surface area contributed by atoms with Crippen LogP contribution in [0.15, 0.2) is 0 Å². The van der Waals surface area contributed by atoms with E-state index in [1.807, 2.05) is 4.90 Å². The van der Waals surface area contributed by atoms with Crippen molar-refractivity contribution in [1.82, 2.24) is 4.90 Å². The Labute approximate surface area is 50.1 Å². The fourth-order valence-electron chi connectivity index (χ4n) is 1.03. The zero-order valence-electron chi connectivity index (χ0n) is 5.01. The predicted molar refractivity (Wildman–Crippen MR) is 32.2 cm³/mol. The van der Waals surface area contributed by atoms with Crippen molar-refractivity contribution in [2.75, 3.05) is 13.1 Å². The van der Waals surface area contributed by atoms with Gasteiger partial charge in [-0.1, -0.05) is 0 Å². The largest absolute Gasteiger partial charge is 0.392 e. The Morgan fingerprint density at radius 1 is 1.62 bits per heavy atom. The van der Waals surface area contributed by atoms with Gasteiger partial charge in [-0.15, -0.1) is 0 Å². The van der Waals surface area contributed by atoms with Crippen LogP contribution in [0.1, 0.15) is 12.8 Å². The molecule has 0 bridgehead atoms. The maximum Gasteiger partial charge on any atom is 0.0667 e. The molecule has 1 rings (SSSR count). The molecule has 1 aliphatic heterocycles. The van der Waals surface area contributed by atoms with E-state index in [9.17, 15) is 0 Å². The number of hydrogen-bond donors (Lipinski definition) is 1. The highest BCUT2D eigenvalue weighted by Gasteiger charge is 2.12. The van der Waals surface area contributed by atoms with Crippen LogP contribution in [0, 0.1) is 7.05 Å². The third-order valence-corrected chi connectivity index (χ3v) is 1.48. The third kappa shape index (κ3) is 1.46. The molecule has 1 atom stereocenters. The molecule has 1 heterocycles. The zero-order valence-corrected chi connectivity index (χ0v) is 5.01. The number of aliphatic hydroxyl groups is 1. The van der Waals surface area contributed by atoms with E-state index in [0.717, 1.165) is 25.9 Å². The lowest BCUT2D eigenvalue weighted by Crippen LogP contribution is -2.33. The van der Waals surface area contributed by atoms with E-state index in [0.29, 0.717) is 0 Å². The Hall–Kier alpha value is -0.0800. The Kier molecular flexibility index (Phi) is 1.86. The van der Waals surface area contributed by atoms with Crippen LogP contribution in [0.25, 0.3) is 0 Å². The summed E-state index contributed by atoms with van der Waals surface area (Å²) < 4.78 is 0. The molecule has 0 saturated carbocycles. The maximum atomic E-state index is 9.00. The molecule has 2 nitrogen and oxygen atoms in total. The van der Waals surface area contributed by atoms with Gasteiger partial charge in [-0.25, -0.2) is 0 Å². The molecule has 1 saturated heterocycles. The zero-order chi connectivity index (χ0) is 5.98. The maximum absolute atomic E-state index is 9.00. The van der Waals surface area contributed by atoms with Crippen molar-refractivity contribution in [2.45, 2.75) is 18.9 Å². The molecule has 0 aromatic heterocycles. The summed E-state index contributed by atoms with van der Waals surface area (Å²) in [7, 11) is 3.72. The minimum atomic E-state index is -0.124. The number of piperidine rings is 1. The number of aliphatic hydroxyl groups excluding tert-OH is 1. The molecule has 0 aromatic rings. The lowest BCUT2D eigenvalue weighted by Gasteiger charge is -2.25. The molecule has 8 heavy (non-hydrogen) atoms. The summed E-state index contributed by atoms with van der Waals surface area (Å²) >= 11 is 0. The highest BCUT2D eigenvalue weighted by Crippen LogP contribution is 2.07. The highest BCUT2D eigenvalue weighted by molar-refractivity contribution is 4.69. The fraction of sp³-hybridized carbons (Fsp3) is 0.833. The van der Waals surface area contributed by atoms with Gasteiger partial charge in [0.25, 0.3) is 0 Å². The first-order valence-electron chi connectivity index (χ1n) is 3.02. The summed E-state index contributed by atoms with van der Waals surface area (Å²) in [5.74, 6) is 0. The predicted octanol–water partition coefficient (Wildman–Crippen LogP) is 0.235. The smallest absolute Gasteiger partial charge is 0.0667 e. The lowest BCUT2D eigenvalue weighted by molar-refractivity contribution is 0.0928. The van der Waals surface area contributed by atoms with Crippen molar-refractivity contribution < 1.29 is 5.11 Å². The van der Waals surface area contributed by atoms with Crippen molar-refractivity contribution in [3.63, 3.8) is 0 Å². The molecule has 0 aromatic carbocycles. The van der Waals surface area contributed by atoms with Gasteiger partial charge in [0, 0.05) is 13.6 Å². The molecular weight excluding hydrogens is 102 g/mol. The van der Waals surface area contributed by atoms with Gasteiger partial charge in [0.05, 0.1) is 6.10 Å². The van der Waals surface area contributed by atoms with Gasteiger partial charge in [0.1, 0.15) is 0 Å². The van der Waals surface area contributed by atoms with E-state index in [-0.39, 0.29) is 6.10 Å². The second-order valence-electron chi connectivity index (χ2n) is 2.37. The number of hydrogen-bond acceptors (Lipinski definition) is 2. The van der Waals surface area contributed by atoms with Crippen LogP contribution in [0.3, 0.4) is 0 Å². The first-order valence-corrected chi connectivity index (χ1v) is 3.02.